The van der Waals surface area contributed by atoms with Gasteiger partial charge in [-0.1, -0.05) is 18.2 Å². The quantitative estimate of drug-likeness (QED) is 0.376. The van der Waals surface area contributed by atoms with Gasteiger partial charge < -0.3 is 4.79 Å². The third-order valence-corrected chi connectivity index (χ3v) is 4.07. The van der Waals surface area contributed by atoms with Crippen LogP contribution in [0.5, 0.6) is 0 Å². The van der Waals surface area contributed by atoms with Gasteiger partial charge in [0.15, 0.2) is 0 Å². The fourth-order valence-corrected chi connectivity index (χ4v) is 2.64. The van der Waals surface area contributed by atoms with Crippen molar-refractivity contribution >= 4 is 26.4 Å². The van der Waals surface area contributed by atoms with Gasteiger partial charge in [0.25, 0.3) is 15.6 Å². The van der Waals surface area contributed by atoms with Crippen molar-refractivity contribution < 1.29 is 22.8 Å². The topological polar surface area (TPSA) is 106 Å². The number of benzene rings is 1. The van der Waals surface area contributed by atoms with Gasteiger partial charge in [-0.25, -0.2) is 8.42 Å². The number of rotatable bonds is 5. The molecule has 1 rings (SSSR count). The molecule has 0 heterocycles. The van der Waals surface area contributed by atoms with Gasteiger partial charge in [0, 0.05) is 12.8 Å². The van der Waals surface area contributed by atoms with Gasteiger partial charge in [-0.2, -0.15) is 0 Å². The molecule has 0 atom stereocenters. The van der Waals surface area contributed by atoms with E-state index in [1.54, 1.807) is 6.07 Å². The van der Waals surface area contributed by atoms with E-state index in [9.17, 15) is 18.0 Å². The van der Waals surface area contributed by atoms with Crippen LogP contribution in [-0.2, 0) is 19.4 Å². The van der Waals surface area contributed by atoms with E-state index in [1.165, 1.54) is 31.2 Å². The summed E-state index contributed by atoms with van der Waals surface area (Å²) in [6, 6.07) is 7.29. The second-order valence-electron chi connectivity index (χ2n) is 3.86. The summed E-state index contributed by atoms with van der Waals surface area (Å²) in [7, 11) is -4.10. The molecule has 0 unspecified atom stereocenters. The van der Waals surface area contributed by atoms with Crippen molar-refractivity contribution in [2.75, 3.05) is 0 Å². The maximum atomic E-state index is 12.1. The first-order valence-electron chi connectivity index (χ1n) is 5.46. The number of hydrogen-bond donors (Lipinski definition) is 1. The normalized spacial score (nSPS) is 10.6. The molecule has 0 bridgehead atoms. The van der Waals surface area contributed by atoms with Gasteiger partial charge in [-0.05, 0) is 19.1 Å². The van der Waals surface area contributed by atoms with Gasteiger partial charge in [0.2, 0.25) is 0 Å². The van der Waals surface area contributed by atoms with Crippen LogP contribution in [0.15, 0.2) is 35.2 Å². The minimum atomic E-state index is -4.10. The van der Waals surface area contributed by atoms with Crippen LogP contribution < -0.4 is 0 Å². The van der Waals surface area contributed by atoms with Gasteiger partial charge in [-0.15, -0.1) is 0 Å². The highest BCUT2D eigenvalue weighted by atomic mass is 32.2. The summed E-state index contributed by atoms with van der Waals surface area (Å²) in [4.78, 5) is 25.2. The zero-order valence-electron chi connectivity index (χ0n) is 10.3. The highest BCUT2D eigenvalue weighted by Gasteiger charge is 2.39. The average molecular weight is 281 g/mol. The molecule has 0 aliphatic rings. The Morgan fingerprint density at radius 2 is 1.74 bits per heavy atom. The van der Waals surface area contributed by atoms with E-state index in [0.717, 1.165) is 0 Å². The lowest BCUT2D eigenvalue weighted by Crippen LogP contribution is -2.26. The Bertz CT molecular complexity index is 644. The first-order valence-corrected chi connectivity index (χ1v) is 6.95. The summed E-state index contributed by atoms with van der Waals surface area (Å²) in [5.41, 5.74) is 6.88. The first kappa shape index (κ1) is 14.9. The Morgan fingerprint density at radius 3 is 2.21 bits per heavy atom. The molecule has 1 aromatic rings. The molecule has 0 saturated carbocycles. The monoisotopic (exact) mass is 281 g/mol. The van der Waals surface area contributed by atoms with Crippen LogP contribution in [0.25, 0.3) is 0 Å². The number of nitrogens with one attached hydrogen (secondary N) is 1. The van der Waals surface area contributed by atoms with Gasteiger partial charge in [0.05, 0.1) is 15.2 Å². The second kappa shape index (κ2) is 6.17. The maximum Gasteiger partial charge on any atom is 0.501 e. The molecule has 0 aromatic heterocycles. The van der Waals surface area contributed by atoms with E-state index in [-0.39, 0.29) is 23.5 Å². The van der Waals surface area contributed by atoms with Crippen LogP contribution in [0, 0.1) is 5.53 Å². The molecule has 0 saturated heterocycles. The van der Waals surface area contributed by atoms with Crippen LogP contribution in [0.4, 0.5) is 0 Å². The SMILES string of the molecule is CC(=O)CCC(=O)C(=[N+]=N)S(=O)(=O)c1ccccc1. The van der Waals surface area contributed by atoms with E-state index in [2.05, 4.69) is 4.79 Å². The van der Waals surface area contributed by atoms with E-state index in [1.807, 2.05) is 0 Å². The van der Waals surface area contributed by atoms with Crippen molar-refractivity contribution in [1.29, 1.82) is 5.53 Å². The molecule has 0 radical (unpaired) electrons. The lowest BCUT2D eigenvalue weighted by Gasteiger charge is -1.97. The smallest absolute Gasteiger partial charge is 0.300 e. The summed E-state index contributed by atoms with van der Waals surface area (Å²) >= 11 is 0. The summed E-state index contributed by atoms with van der Waals surface area (Å²) in [5, 5.41) is -0.833. The number of carbonyl (C=O) groups is 2. The molecule has 1 N–H and O–H groups in total. The van der Waals surface area contributed by atoms with Crippen LogP contribution in [-0.4, -0.2) is 29.8 Å². The summed E-state index contributed by atoms with van der Waals surface area (Å²) < 4.78 is 24.2. The van der Waals surface area contributed by atoms with Crippen LogP contribution >= 0.6 is 0 Å². The summed E-state index contributed by atoms with van der Waals surface area (Å²) in [6.07, 6.45) is -0.332. The lowest BCUT2D eigenvalue weighted by atomic mass is 10.2. The van der Waals surface area contributed by atoms with Crippen LogP contribution in [0.3, 0.4) is 0 Å². The van der Waals surface area contributed by atoms with Gasteiger partial charge in [-0.3, -0.25) is 4.79 Å². The summed E-state index contributed by atoms with van der Waals surface area (Å²) in [5.74, 6) is -1.05. The molecule has 0 fully saturated rings. The Kier molecular flexibility index (Phi) is 4.86. The second-order valence-corrected chi connectivity index (χ2v) is 5.72. The van der Waals surface area contributed by atoms with Crippen LogP contribution in [0.1, 0.15) is 19.8 Å². The molecule has 1 aromatic carbocycles. The Labute approximate surface area is 110 Å². The molecular weight excluding hydrogens is 268 g/mol. The number of ketones is 2. The first-order chi connectivity index (χ1) is 8.89. The summed E-state index contributed by atoms with van der Waals surface area (Å²) in [6.45, 7) is 1.30. The predicted octanol–water partition coefficient (Wildman–Crippen LogP) is 1.04. The number of Topliss-reactive ketones (excluding diaryl/α,β-unsaturated/α-hetero) is 2. The van der Waals surface area contributed by atoms with Crippen molar-refractivity contribution in [3.8, 4) is 0 Å². The van der Waals surface area contributed by atoms with E-state index in [4.69, 9.17) is 5.53 Å². The van der Waals surface area contributed by atoms with Crippen molar-refractivity contribution in [2.45, 2.75) is 24.7 Å². The van der Waals surface area contributed by atoms with Crippen molar-refractivity contribution in [3.05, 3.63) is 30.3 Å². The van der Waals surface area contributed by atoms with E-state index < -0.39 is 20.7 Å². The Balaban J connectivity index is 3.08. The molecule has 0 spiro atoms. The molecule has 6 nitrogen and oxygen atoms in total. The van der Waals surface area contributed by atoms with E-state index >= 15 is 0 Å². The van der Waals surface area contributed by atoms with Crippen LogP contribution in [0.2, 0.25) is 0 Å². The molecule has 100 valence electrons. The minimum Gasteiger partial charge on any atom is -0.300 e. The molecular formula is C12H13N2O4S+. The molecule has 7 heteroatoms. The highest BCUT2D eigenvalue weighted by molar-refractivity contribution is 8.08. The number of hydrogen-bond acceptors (Lipinski definition) is 5. The Morgan fingerprint density at radius 1 is 1.16 bits per heavy atom. The molecule has 0 amide bonds. The molecule has 0 aliphatic heterocycles. The number of nitrogens with zero attached hydrogens (tertiary/aromatic N) is 1. The van der Waals surface area contributed by atoms with Crippen molar-refractivity contribution in [3.63, 3.8) is 0 Å². The largest absolute Gasteiger partial charge is 0.501 e. The molecule has 19 heavy (non-hydrogen) atoms. The molecule has 0 aliphatic carbocycles. The zero-order valence-corrected chi connectivity index (χ0v) is 11.1. The van der Waals surface area contributed by atoms with Crippen molar-refractivity contribution in [1.82, 2.24) is 0 Å². The maximum absolute atomic E-state index is 12.1. The van der Waals surface area contributed by atoms with Gasteiger partial charge >= 0.3 is 5.04 Å². The predicted molar refractivity (Wildman–Crippen MR) is 66.5 cm³/mol. The van der Waals surface area contributed by atoms with E-state index in [0.29, 0.717) is 0 Å². The lowest BCUT2D eigenvalue weighted by molar-refractivity contribution is -0.134. The van der Waals surface area contributed by atoms with Crippen molar-refractivity contribution in [2.24, 2.45) is 0 Å². The fourth-order valence-electron chi connectivity index (χ4n) is 1.38. The third-order valence-electron chi connectivity index (χ3n) is 2.35. The zero-order chi connectivity index (χ0) is 14.5. The average Bonchev–Trinajstić information content (AvgIpc) is 2.38. The third kappa shape index (κ3) is 3.67. The number of sulfone groups is 1. The highest BCUT2D eigenvalue weighted by Crippen LogP contribution is 2.12. The van der Waals surface area contributed by atoms with Gasteiger partial charge in [0.1, 0.15) is 5.78 Å². The Hall–Kier alpha value is -2.11. The fraction of sp³-hybridized carbons (Fsp3) is 0.250. The minimum absolute atomic E-state index is 0.0673. The number of carbonyl (C=O) groups excluding carboxylic acids is 2. The standard InChI is InChI=1S/C12H13N2O4S/c1-9(15)7-8-11(16)12(14-13)19(17,18)10-5-3-2-4-6-10/h2-6,13H,7-8H2,1H3/q+1.